The molecular formula is C13H25NO3. The minimum atomic E-state index is -0.104. The highest BCUT2D eigenvalue weighted by Crippen LogP contribution is 2.07. The van der Waals surface area contributed by atoms with Gasteiger partial charge in [0.15, 0.2) is 0 Å². The second-order valence-corrected chi connectivity index (χ2v) is 4.66. The van der Waals surface area contributed by atoms with E-state index in [-0.39, 0.29) is 29.9 Å². The van der Waals surface area contributed by atoms with Crippen LogP contribution >= 0.6 is 0 Å². The van der Waals surface area contributed by atoms with E-state index < -0.39 is 0 Å². The van der Waals surface area contributed by atoms with Gasteiger partial charge in [-0.25, -0.2) is 0 Å². The number of hydrogen-bond donors (Lipinski definition) is 1. The van der Waals surface area contributed by atoms with E-state index >= 15 is 0 Å². The van der Waals surface area contributed by atoms with Gasteiger partial charge in [-0.3, -0.25) is 9.59 Å². The highest BCUT2D eigenvalue weighted by atomic mass is 16.5. The van der Waals surface area contributed by atoms with Crippen LogP contribution in [0.15, 0.2) is 0 Å². The predicted molar refractivity (Wildman–Crippen MR) is 67.8 cm³/mol. The Hall–Kier alpha value is -0.900. The fourth-order valence-electron chi connectivity index (χ4n) is 1.61. The Morgan fingerprint density at radius 1 is 1.24 bits per heavy atom. The van der Waals surface area contributed by atoms with Crippen LogP contribution in [0, 0.1) is 0 Å². The van der Waals surface area contributed by atoms with Crippen molar-refractivity contribution < 1.29 is 14.3 Å². The lowest BCUT2D eigenvalue weighted by molar-refractivity contribution is -0.125. The Kier molecular flexibility index (Phi) is 7.79. The quantitative estimate of drug-likeness (QED) is 0.710. The van der Waals surface area contributed by atoms with Crippen molar-refractivity contribution in [2.24, 2.45) is 0 Å². The molecule has 0 aliphatic carbocycles. The molecular weight excluding hydrogens is 218 g/mol. The van der Waals surface area contributed by atoms with Gasteiger partial charge in [-0.05, 0) is 34.1 Å². The fourth-order valence-corrected chi connectivity index (χ4v) is 1.61. The lowest BCUT2D eigenvalue weighted by Crippen LogP contribution is -2.42. The molecule has 100 valence electrons. The van der Waals surface area contributed by atoms with Crippen LogP contribution in [-0.2, 0) is 14.3 Å². The zero-order valence-electron chi connectivity index (χ0n) is 11.6. The van der Waals surface area contributed by atoms with Crippen LogP contribution in [-0.4, -0.2) is 29.9 Å². The van der Waals surface area contributed by atoms with Crippen LogP contribution in [0.5, 0.6) is 0 Å². The Labute approximate surface area is 104 Å². The second kappa shape index (κ2) is 8.23. The van der Waals surface area contributed by atoms with Crippen LogP contribution in [0.2, 0.25) is 0 Å². The first-order valence-corrected chi connectivity index (χ1v) is 6.31. The topological polar surface area (TPSA) is 55.4 Å². The molecule has 0 bridgehead atoms. The first-order chi connectivity index (χ1) is 7.86. The van der Waals surface area contributed by atoms with Crippen molar-refractivity contribution >= 4 is 11.7 Å². The molecule has 1 amide bonds. The molecule has 0 rings (SSSR count). The lowest BCUT2D eigenvalue weighted by atomic mass is 10.1. The summed E-state index contributed by atoms with van der Waals surface area (Å²) in [7, 11) is 0. The Morgan fingerprint density at radius 2 is 1.82 bits per heavy atom. The van der Waals surface area contributed by atoms with Crippen LogP contribution in [0.4, 0.5) is 0 Å². The molecule has 3 atom stereocenters. The minimum Gasteiger partial charge on any atom is -0.373 e. The van der Waals surface area contributed by atoms with E-state index in [0.717, 1.165) is 6.42 Å². The van der Waals surface area contributed by atoms with E-state index in [2.05, 4.69) is 5.32 Å². The normalized spacial score (nSPS) is 16.1. The van der Waals surface area contributed by atoms with E-state index in [4.69, 9.17) is 4.74 Å². The predicted octanol–water partition coefficient (Wildman–Crippen LogP) is 2.06. The molecule has 1 N–H and O–H groups in total. The number of rotatable bonds is 8. The number of amides is 1. The Bertz CT molecular complexity index is 253. The van der Waals surface area contributed by atoms with E-state index in [0.29, 0.717) is 12.8 Å². The number of carbonyl (C=O) groups excluding carboxylic acids is 2. The summed E-state index contributed by atoms with van der Waals surface area (Å²) in [5, 5.41) is 2.89. The smallest absolute Gasteiger partial charge is 0.220 e. The Morgan fingerprint density at radius 3 is 2.29 bits per heavy atom. The molecule has 0 radical (unpaired) electrons. The zero-order valence-corrected chi connectivity index (χ0v) is 11.6. The van der Waals surface area contributed by atoms with Crippen molar-refractivity contribution in [1.82, 2.24) is 5.32 Å². The maximum atomic E-state index is 11.4. The number of nitrogens with one attached hydrogen (secondary N) is 1. The summed E-state index contributed by atoms with van der Waals surface area (Å²) in [4.78, 5) is 22.3. The van der Waals surface area contributed by atoms with Crippen LogP contribution in [0.1, 0.15) is 53.9 Å². The highest BCUT2D eigenvalue weighted by Gasteiger charge is 2.18. The van der Waals surface area contributed by atoms with Crippen LogP contribution in [0.3, 0.4) is 0 Å². The molecule has 0 spiro atoms. The van der Waals surface area contributed by atoms with Gasteiger partial charge >= 0.3 is 0 Å². The van der Waals surface area contributed by atoms with Gasteiger partial charge in [-0.2, -0.15) is 0 Å². The van der Waals surface area contributed by atoms with Crippen molar-refractivity contribution in [3.63, 3.8) is 0 Å². The summed E-state index contributed by atoms with van der Waals surface area (Å²) < 4.78 is 5.67. The second-order valence-electron chi connectivity index (χ2n) is 4.66. The zero-order chi connectivity index (χ0) is 13.4. The molecule has 17 heavy (non-hydrogen) atoms. The molecule has 4 heteroatoms. The SMILES string of the molecule is CCCC(=O)NC(C)C(C)OC(C)CC(C)=O. The highest BCUT2D eigenvalue weighted by molar-refractivity contribution is 5.76. The van der Waals surface area contributed by atoms with Crippen LogP contribution in [0.25, 0.3) is 0 Å². The van der Waals surface area contributed by atoms with E-state index in [1.165, 1.54) is 0 Å². The fraction of sp³-hybridized carbons (Fsp3) is 0.846. The van der Waals surface area contributed by atoms with E-state index in [1.807, 2.05) is 27.7 Å². The Balaban J connectivity index is 3.99. The maximum absolute atomic E-state index is 11.4. The van der Waals surface area contributed by atoms with Crippen molar-refractivity contribution in [2.75, 3.05) is 0 Å². The van der Waals surface area contributed by atoms with E-state index in [9.17, 15) is 9.59 Å². The van der Waals surface area contributed by atoms with Crippen molar-refractivity contribution in [3.05, 3.63) is 0 Å². The summed E-state index contributed by atoms with van der Waals surface area (Å²) in [6.07, 6.45) is 1.60. The van der Waals surface area contributed by atoms with Crippen molar-refractivity contribution in [3.8, 4) is 0 Å². The molecule has 4 nitrogen and oxygen atoms in total. The number of Topliss-reactive ketones (excluding diaryl/α,β-unsaturated/α-hetero) is 1. The first kappa shape index (κ1) is 16.1. The van der Waals surface area contributed by atoms with Crippen molar-refractivity contribution in [1.29, 1.82) is 0 Å². The third-order valence-electron chi connectivity index (χ3n) is 2.59. The molecule has 0 saturated carbocycles. The molecule has 0 aromatic rings. The third kappa shape index (κ3) is 7.91. The molecule has 0 aromatic heterocycles. The van der Waals surface area contributed by atoms with Gasteiger partial charge in [0.05, 0.1) is 18.2 Å². The standard InChI is InChI=1S/C13H25NO3/c1-6-7-13(16)14-11(4)12(5)17-10(3)8-9(2)15/h10-12H,6-8H2,1-5H3,(H,14,16). The summed E-state index contributed by atoms with van der Waals surface area (Å²) in [5.74, 6) is 0.169. The lowest BCUT2D eigenvalue weighted by Gasteiger charge is -2.24. The van der Waals surface area contributed by atoms with Gasteiger partial charge in [0, 0.05) is 12.8 Å². The number of carbonyl (C=O) groups is 2. The average molecular weight is 243 g/mol. The number of hydrogen-bond acceptors (Lipinski definition) is 3. The summed E-state index contributed by atoms with van der Waals surface area (Å²) in [6.45, 7) is 9.22. The molecule has 0 aromatic carbocycles. The van der Waals surface area contributed by atoms with Gasteiger partial charge < -0.3 is 10.1 Å². The number of ether oxygens (including phenoxy) is 1. The van der Waals surface area contributed by atoms with Crippen molar-refractivity contribution in [2.45, 2.75) is 72.1 Å². The minimum absolute atomic E-state index is 0.0385. The van der Waals surface area contributed by atoms with Gasteiger partial charge in [0.1, 0.15) is 5.78 Å². The first-order valence-electron chi connectivity index (χ1n) is 6.31. The van der Waals surface area contributed by atoms with Gasteiger partial charge in [-0.15, -0.1) is 0 Å². The van der Waals surface area contributed by atoms with Gasteiger partial charge in [-0.1, -0.05) is 6.92 Å². The molecule has 0 aliphatic rings. The number of ketones is 1. The summed E-state index contributed by atoms with van der Waals surface area (Å²) in [6, 6.07) is -0.0385. The summed E-state index contributed by atoms with van der Waals surface area (Å²) in [5.41, 5.74) is 0. The largest absolute Gasteiger partial charge is 0.373 e. The molecule has 0 saturated heterocycles. The van der Waals surface area contributed by atoms with E-state index in [1.54, 1.807) is 6.92 Å². The molecule has 3 unspecified atom stereocenters. The third-order valence-corrected chi connectivity index (χ3v) is 2.59. The molecule has 0 heterocycles. The van der Waals surface area contributed by atoms with Gasteiger partial charge in [0.25, 0.3) is 0 Å². The molecule has 0 aliphatic heterocycles. The maximum Gasteiger partial charge on any atom is 0.220 e. The monoisotopic (exact) mass is 243 g/mol. The van der Waals surface area contributed by atoms with Crippen LogP contribution < -0.4 is 5.32 Å². The van der Waals surface area contributed by atoms with Gasteiger partial charge in [0.2, 0.25) is 5.91 Å². The molecule has 0 fully saturated rings. The average Bonchev–Trinajstić information content (AvgIpc) is 2.15. The summed E-state index contributed by atoms with van der Waals surface area (Å²) >= 11 is 0.